The van der Waals surface area contributed by atoms with Crippen LogP contribution in [0.4, 0.5) is 5.82 Å². The van der Waals surface area contributed by atoms with Gasteiger partial charge in [-0.2, -0.15) is 0 Å². The molecule has 4 rings (SSSR count). The summed E-state index contributed by atoms with van der Waals surface area (Å²) in [6.45, 7) is 5.14. The summed E-state index contributed by atoms with van der Waals surface area (Å²) in [6, 6.07) is 9.30. The zero-order valence-corrected chi connectivity index (χ0v) is 15.1. The van der Waals surface area contributed by atoms with Crippen molar-refractivity contribution in [1.82, 2.24) is 14.9 Å². The SMILES string of the molecule is CC1(C)C(=O)N(C2CCN(C(=O)c3ccccn3)CC2)c2ncccc21. The van der Waals surface area contributed by atoms with Crippen LogP contribution in [-0.4, -0.2) is 45.8 Å². The first kappa shape index (κ1) is 16.7. The van der Waals surface area contributed by atoms with Crippen LogP contribution >= 0.6 is 0 Å². The Morgan fingerprint density at radius 2 is 1.81 bits per heavy atom. The minimum atomic E-state index is -0.551. The minimum Gasteiger partial charge on any atom is -0.337 e. The van der Waals surface area contributed by atoms with Crippen molar-refractivity contribution in [3.05, 3.63) is 54.0 Å². The summed E-state index contributed by atoms with van der Waals surface area (Å²) in [5, 5.41) is 0. The van der Waals surface area contributed by atoms with Gasteiger partial charge in [0, 0.05) is 37.1 Å². The normalized spacial score (nSPS) is 19.5. The number of likely N-dealkylation sites (tertiary alicyclic amines) is 1. The summed E-state index contributed by atoms with van der Waals surface area (Å²) in [4.78, 5) is 37.9. The highest BCUT2D eigenvalue weighted by atomic mass is 16.2. The predicted molar refractivity (Wildman–Crippen MR) is 97.9 cm³/mol. The van der Waals surface area contributed by atoms with Crippen molar-refractivity contribution < 1.29 is 9.59 Å². The molecule has 2 amide bonds. The molecule has 2 aliphatic heterocycles. The molecule has 134 valence electrons. The Morgan fingerprint density at radius 3 is 2.50 bits per heavy atom. The van der Waals surface area contributed by atoms with Crippen LogP contribution in [0.15, 0.2) is 42.7 Å². The van der Waals surface area contributed by atoms with Crippen molar-refractivity contribution in [3.8, 4) is 0 Å². The first-order valence-electron chi connectivity index (χ1n) is 8.99. The minimum absolute atomic E-state index is 0.0457. The maximum atomic E-state index is 13.0. The average molecular weight is 350 g/mol. The maximum Gasteiger partial charge on any atom is 0.272 e. The summed E-state index contributed by atoms with van der Waals surface area (Å²) in [6.07, 6.45) is 4.86. The van der Waals surface area contributed by atoms with E-state index in [-0.39, 0.29) is 17.9 Å². The Kier molecular flexibility index (Phi) is 3.98. The van der Waals surface area contributed by atoms with E-state index in [1.54, 1.807) is 24.5 Å². The smallest absolute Gasteiger partial charge is 0.272 e. The molecule has 26 heavy (non-hydrogen) atoms. The molecule has 0 aromatic carbocycles. The zero-order valence-electron chi connectivity index (χ0n) is 15.1. The molecule has 1 saturated heterocycles. The number of carbonyl (C=O) groups is 2. The standard InChI is InChI=1S/C20H22N4O2/c1-20(2)15-6-5-11-22-17(15)24(19(20)26)14-8-12-23(13-9-14)18(25)16-7-3-4-10-21-16/h3-7,10-11,14H,8-9,12-13H2,1-2H3. The van der Waals surface area contributed by atoms with E-state index in [1.807, 2.05) is 41.8 Å². The summed E-state index contributed by atoms with van der Waals surface area (Å²) < 4.78 is 0. The van der Waals surface area contributed by atoms with Crippen LogP contribution < -0.4 is 4.90 Å². The zero-order chi connectivity index (χ0) is 18.3. The van der Waals surface area contributed by atoms with E-state index in [9.17, 15) is 9.59 Å². The lowest BCUT2D eigenvalue weighted by Gasteiger charge is -2.37. The van der Waals surface area contributed by atoms with Crippen molar-refractivity contribution in [2.24, 2.45) is 0 Å². The van der Waals surface area contributed by atoms with Crippen LogP contribution in [-0.2, 0) is 10.2 Å². The third kappa shape index (κ3) is 2.57. The topological polar surface area (TPSA) is 66.4 Å². The number of nitrogens with zero attached hydrogens (tertiary/aromatic N) is 4. The second kappa shape index (κ2) is 6.20. The Morgan fingerprint density at radius 1 is 1.08 bits per heavy atom. The molecule has 0 bridgehead atoms. The number of piperidine rings is 1. The molecule has 0 saturated carbocycles. The maximum absolute atomic E-state index is 13.0. The van der Waals surface area contributed by atoms with Crippen molar-refractivity contribution in [3.63, 3.8) is 0 Å². The summed E-state index contributed by atoms with van der Waals surface area (Å²) in [5.74, 6) is 0.827. The van der Waals surface area contributed by atoms with E-state index in [1.165, 1.54) is 0 Å². The van der Waals surface area contributed by atoms with E-state index in [0.29, 0.717) is 18.8 Å². The number of fused-ring (bicyclic) bond motifs is 1. The van der Waals surface area contributed by atoms with Crippen LogP contribution in [0, 0.1) is 0 Å². The van der Waals surface area contributed by atoms with Gasteiger partial charge in [-0.3, -0.25) is 19.5 Å². The lowest BCUT2D eigenvalue weighted by Crippen LogP contribution is -2.50. The van der Waals surface area contributed by atoms with Crippen LogP contribution in [0.3, 0.4) is 0 Å². The fourth-order valence-corrected chi connectivity index (χ4v) is 3.91. The molecule has 0 aliphatic carbocycles. The summed E-state index contributed by atoms with van der Waals surface area (Å²) >= 11 is 0. The Balaban J connectivity index is 1.51. The van der Waals surface area contributed by atoms with Gasteiger partial charge in [-0.15, -0.1) is 0 Å². The van der Waals surface area contributed by atoms with Gasteiger partial charge in [0.15, 0.2) is 0 Å². The van der Waals surface area contributed by atoms with E-state index in [0.717, 1.165) is 24.2 Å². The van der Waals surface area contributed by atoms with Gasteiger partial charge in [0.25, 0.3) is 5.91 Å². The van der Waals surface area contributed by atoms with E-state index in [2.05, 4.69) is 9.97 Å². The predicted octanol–water partition coefficient (Wildman–Crippen LogP) is 2.41. The molecule has 6 nitrogen and oxygen atoms in total. The highest BCUT2D eigenvalue weighted by Crippen LogP contribution is 2.42. The molecular weight excluding hydrogens is 328 g/mol. The second-order valence-electron chi connectivity index (χ2n) is 7.41. The Labute approximate surface area is 152 Å². The number of rotatable bonds is 2. The number of aromatic nitrogens is 2. The fourth-order valence-electron chi connectivity index (χ4n) is 3.91. The third-order valence-corrected chi connectivity index (χ3v) is 5.44. The molecule has 0 N–H and O–H groups in total. The van der Waals surface area contributed by atoms with Gasteiger partial charge >= 0.3 is 0 Å². The molecule has 4 heterocycles. The molecular formula is C20H22N4O2. The van der Waals surface area contributed by atoms with Gasteiger partial charge in [-0.25, -0.2) is 4.98 Å². The molecule has 2 aromatic rings. The molecule has 0 spiro atoms. The largest absolute Gasteiger partial charge is 0.337 e. The van der Waals surface area contributed by atoms with Gasteiger partial charge in [0.05, 0.1) is 5.41 Å². The monoisotopic (exact) mass is 350 g/mol. The van der Waals surface area contributed by atoms with Gasteiger partial charge in [0.2, 0.25) is 5.91 Å². The number of hydrogen-bond donors (Lipinski definition) is 0. The number of hydrogen-bond acceptors (Lipinski definition) is 4. The van der Waals surface area contributed by atoms with Crippen LogP contribution in [0.2, 0.25) is 0 Å². The van der Waals surface area contributed by atoms with Gasteiger partial charge < -0.3 is 4.90 Å². The number of anilines is 1. The lowest BCUT2D eigenvalue weighted by molar-refractivity contribution is -0.122. The Hall–Kier alpha value is -2.76. The van der Waals surface area contributed by atoms with Crippen LogP contribution in [0.1, 0.15) is 42.7 Å². The second-order valence-corrected chi connectivity index (χ2v) is 7.41. The van der Waals surface area contributed by atoms with Crippen molar-refractivity contribution in [2.45, 2.75) is 38.1 Å². The molecule has 0 radical (unpaired) electrons. The Bertz CT molecular complexity index is 842. The summed E-state index contributed by atoms with van der Waals surface area (Å²) in [5.41, 5.74) is 0.901. The van der Waals surface area contributed by atoms with Crippen molar-refractivity contribution in [2.75, 3.05) is 18.0 Å². The molecule has 2 aliphatic rings. The van der Waals surface area contributed by atoms with E-state index >= 15 is 0 Å². The van der Waals surface area contributed by atoms with E-state index < -0.39 is 5.41 Å². The third-order valence-electron chi connectivity index (χ3n) is 5.44. The molecule has 6 heteroatoms. The van der Waals surface area contributed by atoms with E-state index in [4.69, 9.17) is 0 Å². The molecule has 0 atom stereocenters. The summed E-state index contributed by atoms with van der Waals surface area (Å²) in [7, 11) is 0. The van der Waals surface area contributed by atoms with Crippen molar-refractivity contribution in [1.29, 1.82) is 0 Å². The van der Waals surface area contributed by atoms with Gasteiger partial charge in [-0.1, -0.05) is 12.1 Å². The quantitative estimate of drug-likeness (QED) is 0.834. The molecule has 2 aromatic heterocycles. The number of pyridine rings is 2. The molecule has 1 fully saturated rings. The average Bonchev–Trinajstić information content (AvgIpc) is 2.88. The lowest BCUT2D eigenvalue weighted by atomic mass is 9.87. The number of carbonyl (C=O) groups excluding carboxylic acids is 2. The van der Waals surface area contributed by atoms with Crippen LogP contribution in [0.5, 0.6) is 0 Å². The van der Waals surface area contributed by atoms with Crippen molar-refractivity contribution >= 4 is 17.6 Å². The highest BCUT2D eigenvalue weighted by molar-refractivity contribution is 6.07. The first-order valence-corrected chi connectivity index (χ1v) is 8.99. The fraction of sp³-hybridized carbons (Fsp3) is 0.400. The van der Waals surface area contributed by atoms with Crippen LogP contribution in [0.25, 0.3) is 0 Å². The highest BCUT2D eigenvalue weighted by Gasteiger charge is 2.47. The molecule has 0 unspecified atom stereocenters. The first-order chi connectivity index (χ1) is 12.5. The number of amides is 2. The van der Waals surface area contributed by atoms with Gasteiger partial charge in [-0.05, 0) is 44.9 Å². The van der Waals surface area contributed by atoms with Gasteiger partial charge in [0.1, 0.15) is 11.5 Å².